The maximum Gasteiger partial charge on any atom is 0.0745 e. The molecule has 0 unspecified atom stereocenters. The van der Waals surface area contributed by atoms with E-state index in [1.807, 2.05) is 12.1 Å². The lowest BCUT2D eigenvalue weighted by molar-refractivity contribution is 0.438. The molecule has 2 N–H and O–H groups in total. The summed E-state index contributed by atoms with van der Waals surface area (Å²) < 4.78 is 0.993. The van der Waals surface area contributed by atoms with Crippen molar-refractivity contribution in [3.05, 3.63) is 21.6 Å². The fourth-order valence-corrected chi connectivity index (χ4v) is 3.24. The topological polar surface area (TPSA) is 29.3 Å². The molecule has 1 aliphatic rings. The number of nitrogens with zero attached hydrogens (tertiary/aromatic N) is 1. The second-order valence-electron chi connectivity index (χ2n) is 4.50. The lowest BCUT2D eigenvalue weighted by atomic mass is 9.98. The standard InChI is InChI=1S/C12H16BrClN2/c1-8-2-4-16(5-3-8)12-10(13)6-9(14)7-11(12)15/h6-8H,2-5,15H2,1H3. The fraction of sp³-hybridized carbons (Fsp3) is 0.500. The van der Waals surface area contributed by atoms with E-state index in [1.165, 1.54) is 12.8 Å². The molecular weight excluding hydrogens is 288 g/mol. The number of halogens is 2. The Balaban J connectivity index is 2.26. The third-order valence-corrected chi connectivity index (χ3v) is 3.98. The first-order valence-electron chi connectivity index (χ1n) is 5.57. The zero-order valence-electron chi connectivity index (χ0n) is 9.34. The number of rotatable bonds is 1. The predicted octanol–water partition coefficient (Wildman–Crippen LogP) is 3.92. The second-order valence-corrected chi connectivity index (χ2v) is 5.79. The Labute approximate surface area is 110 Å². The molecule has 2 nitrogen and oxygen atoms in total. The second kappa shape index (κ2) is 4.84. The van der Waals surface area contributed by atoms with Crippen LogP contribution in [0.4, 0.5) is 11.4 Å². The van der Waals surface area contributed by atoms with Crippen LogP contribution in [0.5, 0.6) is 0 Å². The Morgan fingerprint density at radius 2 is 2.00 bits per heavy atom. The molecule has 16 heavy (non-hydrogen) atoms. The summed E-state index contributed by atoms with van der Waals surface area (Å²) in [6.45, 7) is 4.45. The average molecular weight is 304 g/mol. The van der Waals surface area contributed by atoms with Crippen molar-refractivity contribution in [3.8, 4) is 0 Å². The van der Waals surface area contributed by atoms with Gasteiger partial charge in [-0.2, -0.15) is 0 Å². The van der Waals surface area contributed by atoms with E-state index in [1.54, 1.807) is 0 Å². The van der Waals surface area contributed by atoms with Gasteiger partial charge in [-0.25, -0.2) is 0 Å². The normalized spacial score (nSPS) is 17.8. The largest absolute Gasteiger partial charge is 0.397 e. The van der Waals surface area contributed by atoms with Crippen molar-refractivity contribution in [2.45, 2.75) is 19.8 Å². The van der Waals surface area contributed by atoms with Crippen LogP contribution >= 0.6 is 27.5 Å². The van der Waals surface area contributed by atoms with E-state index in [0.717, 1.165) is 34.9 Å². The van der Waals surface area contributed by atoms with Gasteiger partial charge in [0.25, 0.3) is 0 Å². The molecule has 1 aliphatic heterocycles. The number of nitrogen functional groups attached to an aromatic ring is 1. The molecule has 4 heteroatoms. The highest BCUT2D eigenvalue weighted by Crippen LogP contribution is 2.37. The molecule has 1 aromatic carbocycles. The highest BCUT2D eigenvalue weighted by Gasteiger charge is 2.20. The van der Waals surface area contributed by atoms with E-state index in [-0.39, 0.29) is 0 Å². The first-order valence-corrected chi connectivity index (χ1v) is 6.74. The van der Waals surface area contributed by atoms with Crippen molar-refractivity contribution in [1.29, 1.82) is 0 Å². The zero-order chi connectivity index (χ0) is 11.7. The summed E-state index contributed by atoms with van der Waals surface area (Å²) in [7, 11) is 0. The Morgan fingerprint density at radius 1 is 1.38 bits per heavy atom. The van der Waals surface area contributed by atoms with Crippen LogP contribution < -0.4 is 10.6 Å². The van der Waals surface area contributed by atoms with Crippen LogP contribution in [-0.4, -0.2) is 13.1 Å². The summed E-state index contributed by atoms with van der Waals surface area (Å²) in [4.78, 5) is 2.34. The van der Waals surface area contributed by atoms with Gasteiger partial charge in [-0.1, -0.05) is 18.5 Å². The first kappa shape index (κ1) is 12.1. The summed E-state index contributed by atoms with van der Waals surface area (Å²) in [6.07, 6.45) is 2.46. The molecule has 88 valence electrons. The summed E-state index contributed by atoms with van der Waals surface area (Å²) in [5.74, 6) is 0.823. The first-order chi connectivity index (χ1) is 7.58. The van der Waals surface area contributed by atoms with Gasteiger partial charge in [0.05, 0.1) is 11.4 Å². The van der Waals surface area contributed by atoms with Crippen molar-refractivity contribution < 1.29 is 0 Å². The molecule has 0 radical (unpaired) electrons. The third-order valence-electron chi connectivity index (χ3n) is 3.16. The van der Waals surface area contributed by atoms with Gasteiger partial charge in [0.2, 0.25) is 0 Å². The van der Waals surface area contributed by atoms with Crippen molar-refractivity contribution in [2.75, 3.05) is 23.7 Å². The average Bonchev–Trinajstić information content (AvgIpc) is 2.19. The minimum Gasteiger partial charge on any atom is -0.397 e. The van der Waals surface area contributed by atoms with E-state index >= 15 is 0 Å². The van der Waals surface area contributed by atoms with Crippen LogP contribution in [0.15, 0.2) is 16.6 Å². The van der Waals surface area contributed by atoms with Gasteiger partial charge in [-0.05, 0) is 46.8 Å². The Bertz CT molecular complexity index is 364. The molecule has 0 saturated carbocycles. The van der Waals surface area contributed by atoms with Gasteiger partial charge in [-0.3, -0.25) is 0 Å². The molecule has 0 aromatic heterocycles. The molecule has 0 amide bonds. The molecule has 1 fully saturated rings. The molecule has 0 atom stereocenters. The summed E-state index contributed by atoms with van der Waals surface area (Å²) >= 11 is 9.50. The molecule has 2 rings (SSSR count). The van der Waals surface area contributed by atoms with E-state index in [9.17, 15) is 0 Å². The molecule has 1 saturated heterocycles. The lowest BCUT2D eigenvalue weighted by Crippen LogP contribution is -2.33. The minimum absolute atomic E-state index is 0.679. The summed E-state index contributed by atoms with van der Waals surface area (Å²) in [5.41, 5.74) is 7.88. The number of hydrogen-bond acceptors (Lipinski definition) is 2. The number of benzene rings is 1. The third kappa shape index (κ3) is 2.46. The molecule has 0 spiro atoms. The highest BCUT2D eigenvalue weighted by molar-refractivity contribution is 9.10. The molecule has 0 aliphatic carbocycles. The maximum atomic E-state index is 6.03. The van der Waals surface area contributed by atoms with Gasteiger partial charge in [0.15, 0.2) is 0 Å². The van der Waals surface area contributed by atoms with Crippen LogP contribution in [0.25, 0.3) is 0 Å². The van der Waals surface area contributed by atoms with Crippen molar-refractivity contribution in [3.63, 3.8) is 0 Å². The van der Waals surface area contributed by atoms with Gasteiger partial charge >= 0.3 is 0 Å². The number of nitrogens with two attached hydrogens (primary N) is 1. The number of anilines is 2. The van der Waals surface area contributed by atoms with Crippen molar-refractivity contribution in [1.82, 2.24) is 0 Å². The number of piperidine rings is 1. The Morgan fingerprint density at radius 3 is 2.56 bits per heavy atom. The van der Waals surface area contributed by atoms with E-state index in [4.69, 9.17) is 17.3 Å². The molecular formula is C12H16BrClN2. The summed E-state index contributed by atoms with van der Waals surface area (Å²) in [5, 5.41) is 0.679. The van der Waals surface area contributed by atoms with Gasteiger partial charge < -0.3 is 10.6 Å². The van der Waals surface area contributed by atoms with E-state index < -0.39 is 0 Å². The summed E-state index contributed by atoms with van der Waals surface area (Å²) in [6, 6.07) is 3.73. The SMILES string of the molecule is CC1CCN(c2c(N)cc(Cl)cc2Br)CC1. The van der Waals surface area contributed by atoms with Crippen LogP contribution in [0.2, 0.25) is 5.02 Å². The van der Waals surface area contributed by atoms with E-state index in [2.05, 4.69) is 27.8 Å². The number of hydrogen-bond donors (Lipinski definition) is 1. The quantitative estimate of drug-likeness (QED) is 0.797. The molecule has 0 bridgehead atoms. The van der Waals surface area contributed by atoms with E-state index in [0.29, 0.717) is 5.02 Å². The van der Waals surface area contributed by atoms with Gasteiger partial charge in [0, 0.05) is 22.6 Å². The fourth-order valence-electron chi connectivity index (χ4n) is 2.15. The highest BCUT2D eigenvalue weighted by atomic mass is 79.9. The zero-order valence-corrected chi connectivity index (χ0v) is 11.7. The minimum atomic E-state index is 0.679. The van der Waals surface area contributed by atoms with Crippen LogP contribution in [0.1, 0.15) is 19.8 Å². The van der Waals surface area contributed by atoms with Crippen LogP contribution in [-0.2, 0) is 0 Å². The monoisotopic (exact) mass is 302 g/mol. The van der Waals surface area contributed by atoms with Crippen molar-refractivity contribution in [2.24, 2.45) is 5.92 Å². The Hall–Kier alpha value is -0.410. The van der Waals surface area contributed by atoms with Gasteiger partial charge in [-0.15, -0.1) is 0 Å². The van der Waals surface area contributed by atoms with Gasteiger partial charge in [0.1, 0.15) is 0 Å². The lowest BCUT2D eigenvalue weighted by Gasteiger charge is -2.33. The molecule has 1 heterocycles. The van der Waals surface area contributed by atoms with Crippen molar-refractivity contribution >= 4 is 38.9 Å². The predicted molar refractivity (Wildman–Crippen MR) is 74.2 cm³/mol. The smallest absolute Gasteiger partial charge is 0.0745 e. The van der Waals surface area contributed by atoms with Crippen LogP contribution in [0, 0.1) is 5.92 Å². The molecule has 1 aromatic rings. The Kier molecular flexibility index (Phi) is 3.65. The van der Waals surface area contributed by atoms with Crippen LogP contribution in [0.3, 0.4) is 0 Å². The maximum absolute atomic E-state index is 6.03.